The van der Waals surface area contributed by atoms with Crippen LogP contribution >= 0.6 is 15.9 Å². The third-order valence-electron chi connectivity index (χ3n) is 5.97. The van der Waals surface area contributed by atoms with E-state index < -0.39 is 17.9 Å². The van der Waals surface area contributed by atoms with Gasteiger partial charge in [0.2, 0.25) is 0 Å². The Morgan fingerprint density at radius 1 is 0.909 bits per heavy atom. The van der Waals surface area contributed by atoms with Gasteiger partial charge in [-0.3, -0.25) is 0 Å². The van der Waals surface area contributed by atoms with Crippen LogP contribution in [0.4, 0.5) is 0 Å². The summed E-state index contributed by atoms with van der Waals surface area (Å²) >= 11 is 3.58. The number of nitrogens with one attached hydrogen (secondary N) is 1. The number of rotatable bonds is 6. The normalized spacial score (nSPS) is 14.7. The van der Waals surface area contributed by atoms with Crippen molar-refractivity contribution in [1.29, 1.82) is 0 Å². The second-order valence-corrected chi connectivity index (χ2v) is 8.90. The molecule has 0 atom stereocenters. The Bertz CT molecular complexity index is 1280. The summed E-state index contributed by atoms with van der Waals surface area (Å²) in [5, 5.41) is 5.40. The Morgan fingerprint density at radius 2 is 1.48 bits per heavy atom. The van der Waals surface area contributed by atoms with Gasteiger partial charge in [0, 0.05) is 50.1 Å². The van der Waals surface area contributed by atoms with Gasteiger partial charge in [0.1, 0.15) is 0 Å². The monoisotopic (exact) mass is 510 g/mol. The van der Waals surface area contributed by atoms with Crippen LogP contribution < -0.4 is 5.32 Å². The first-order valence-electron chi connectivity index (χ1n) is 11.1. The molecule has 3 aromatic rings. The summed E-state index contributed by atoms with van der Waals surface area (Å²) in [6.45, 7) is 8.13. The lowest BCUT2D eigenvalue weighted by atomic mass is 9.85. The van der Waals surface area contributed by atoms with Gasteiger partial charge in [-0.25, -0.2) is 9.59 Å². The fourth-order valence-electron chi connectivity index (χ4n) is 4.68. The molecule has 2 heterocycles. The maximum Gasteiger partial charge on any atom is 0.336 e. The van der Waals surface area contributed by atoms with Gasteiger partial charge in [-0.05, 0) is 52.0 Å². The van der Waals surface area contributed by atoms with Gasteiger partial charge in [0.05, 0.1) is 24.4 Å². The summed E-state index contributed by atoms with van der Waals surface area (Å²) < 4.78 is 13.9. The van der Waals surface area contributed by atoms with Crippen molar-refractivity contribution in [1.82, 2.24) is 9.88 Å². The highest BCUT2D eigenvalue weighted by molar-refractivity contribution is 9.10. The van der Waals surface area contributed by atoms with Gasteiger partial charge in [-0.15, -0.1) is 0 Å². The zero-order valence-corrected chi connectivity index (χ0v) is 20.8. The van der Waals surface area contributed by atoms with Gasteiger partial charge >= 0.3 is 11.9 Å². The van der Waals surface area contributed by atoms with Crippen molar-refractivity contribution in [2.24, 2.45) is 5.92 Å². The first kappa shape index (κ1) is 23.1. The molecule has 0 spiro atoms. The van der Waals surface area contributed by atoms with Crippen LogP contribution in [-0.4, -0.2) is 29.7 Å². The summed E-state index contributed by atoms with van der Waals surface area (Å²) in [6, 6.07) is 14.3. The number of carbonyl (C=O) groups is 2. The summed E-state index contributed by atoms with van der Waals surface area (Å²) in [7, 11) is 0. The van der Waals surface area contributed by atoms with E-state index in [9.17, 15) is 9.59 Å². The molecule has 33 heavy (non-hydrogen) atoms. The molecule has 4 rings (SSSR count). The van der Waals surface area contributed by atoms with Crippen LogP contribution in [0, 0.1) is 5.92 Å². The van der Waals surface area contributed by atoms with Crippen molar-refractivity contribution in [2.45, 2.75) is 34.2 Å². The molecule has 0 unspecified atom stereocenters. The van der Waals surface area contributed by atoms with Crippen LogP contribution in [-0.2, 0) is 25.6 Å². The SMILES string of the molecule is CCOC(=O)C1=C(C)NC(C)=C(C(=O)OCC)C1Cn1c2ccccc2c2cc(Br)ccc21. The number of benzene rings is 2. The molecule has 172 valence electrons. The van der Waals surface area contributed by atoms with Crippen LogP contribution in [0.2, 0.25) is 0 Å². The number of hydrogen-bond donors (Lipinski definition) is 1. The molecule has 0 amide bonds. The Labute approximate surface area is 201 Å². The second kappa shape index (κ2) is 9.43. The Balaban J connectivity index is 1.93. The molecular formula is C26H27BrN2O4. The highest BCUT2D eigenvalue weighted by Crippen LogP contribution is 2.37. The van der Waals surface area contributed by atoms with Gasteiger partial charge < -0.3 is 19.4 Å². The lowest BCUT2D eigenvalue weighted by Crippen LogP contribution is -2.35. The second-order valence-electron chi connectivity index (χ2n) is 7.99. The first-order valence-corrected chi connectivity index (χ1v) is 11.9. The minimum atomic E-state index is -0.521. The van der Waals surface area contributed by atoms with Crippen molar-refractivity contribution < 1.29 is 19.1 Å². The van der Waals surface area contributed by atoms with E-state index in [1.165, 1.54) is 0 Å². The third kappa shape index (κ3) is 4.17. The van der Waals surface area contributed by atoms with Crippen molar-refractivity contribution in [3.05, 3.63) is 69.5 Å². The number of carbonyl (C=O) groups excluding carboxylic acids is 2. The fraction of sp³-hybridized carbons (Fsp3) is 0.308. The minimum absolute atomic E-state index is 0.253. The fourth-order valence-corrected chi connectivity index (χ4v) is 5.04. The van der Waals surface area contributed by atoms with Crippen LogP contribution in [0.25, 0.3) is 21.8 Å². The molecule has 7 heteroatoms. The Kier molecular flexibility index (Phi) is 6.61. The molecular weight excluding hydrogens is 484 g/mol. The van der Waals surface area contributed by atoms with Gasteiger partial charge in [-0.2, -0.15) is 0 Å². The van der Waals surface area contributed by atoms with E-state index in [4.69, 9.17) is 9.47 Å². The number of para-hydroxylation sites is 1. The van der Waals surface area contributed by atoms with Gasteiger partial charge in [0.25, 0.3) is 0 Å². The van der Waals surface area contributed by atoms with E-state index in [2.05, 4.69) is 50.1 Å². The molecule has 1 N–H and O–H groups in total. The summed E-state index contributed by atoms with van der Waals surface area (Å²) in [5.41, 5.74) is 4.34. The van der Waals surface area contributed by atoms with Crippen LogP contribution in [0.15, 0.2) is 69.5 Å². The highest BCUT2D eigenvalue weighted by Gasteiger charge is 2.37. The molecule has 2 aromatic carbocycles. The Morgan fingerprint density at radius 3 is 2.09 bits per heavy atom. The van der Waals surface area contributed by atoms with Crippen LogP contribution in [0.3, 0.4) is 0 Å². The van der Waals surface area contributed by atoms with Crippen LogP contribution in [0.1, 0.15) is 27.7 Å². The maximum atomic E-state index is 13.0. The van der Waals surface area contributed by atoms with E-state index in [1.807, 2.05) is 32.0 Å². The number of allylic oxidation sites excluding steroid dienone is 2. The lowest BCUT2D eigenvalue weighted by Gasteiger charge is -2.30. The van der Waals surface area contributed by atoms with Crippen molar-refractivity contribution >= 4 is 49.7 Å². The molecule has 0 aliphatic carbocycles. The van der Waals surface area contributed by atoms with Crippen LogP contribution in [0.5, 0.6) is 0 Å². The molecule has 0 bridgehead atoms. The number of nitrogens with zero attached hydrogens (tertiary/aromatic N) is 1. The number of ether oxygens (including phenoxy) is 2. The Hall–Kier alpha value is -3.06. The van der Waals surface area contributed by atoms with E-state index in [-0.39, 0.29) is 13.2 Å². The molecule has 0 saturated heterocycles. The van der Waals surface area contributed by atoms with Crippen molar-refractivity contribution in [3.8, 4) is 0 Å². The minimum Gasteiger partial charge on any atom is -0.463 e. The van der Waals surface area contributed by atoms with Gasteiger partial charge in [-0.1, -0.05) is 34.1 Å². The average Bonchev–Trinajstić information content (AvgIpc) is 3.07. The summed E-state index contributed by atoms with van der Waals surface area (Å²) in [4.78, 5) is 26.1. The van der Waals surface area contributed by atoms with Gasteiger partial charge in [0.15, 0.2) is 0 Å². The number of dihydropyridines is 1. The van der Waals surface area contributed by atoms with E-state index in [0.29, 0.717) is 29.1 Å². The number of aromatic nitrogens is 1. The number of hydrogen-bond acceptors (Lipinski definition) is 5. The largest absolute Gasteiger partial charge is 0.463 e. The molecule has 1 aromatic heterocycles. The molecule has 1 aliphatic heterocycles. The quantitative estimate of drug-likeness (QED) is 0.446. The summed E-state index contributed by atoms with van der Waals surface area (Å²) in [6.07, 6.45) is 0. The smallest absolute Gasteiger partial charge is 0.336 e. The van der Waals surface area contributed by atoms with Crippen molar-refractivity contribution in [3.63, 3.8) is 0 Å². The standard InChI is InChI=1S/C26H27BrN2O4/c1-5-32-25(30)23-15(3)28-16(4)24(26(31)33-6-2)20(23)14-29-21-10-8-7-9-18(21)19-13-17(27)11-12-22(19)29/h7-13,20,28H,5-6,14H2,1-4H3. The molecule has 1 aliphatic rings. The molecule has 0 fully saturated rings. The molecule has 0 saturated carbocycles. The summed E-state index contributed by atoms with van der Waals surface area (Å²) in [5.74, 6) is -1.37. The number of halogens is 1. The molecule has 6 nitrogen and oxygen atoms in total. The number of esters is 2. The third-order valence-corrected chi connectivity index (χ3v) is 6.46. The lowest BCUT2D eigenvalue weighted by molar-refractivity contribution is -0.140. The molecule has 0 radical (unpaired) electrons. The van der Waals surface area contributed by atoms with E-state index >= 15 is 0 Å². The van der Waals surface area contributed by atoms with E-state index in [1.54, 1.807) is 13.8 Å². The topological polar surface area (TPSA) is 69.6 Å². The zero-order chi connectivity index (χ0) is 23.7. The maximum absolute atomic E-state index is 13.0. The van der Waals surface area contributed by atoms with Crippen molar-refractivity contribution in [2.75, 3.05) is 13.2 Å². The number of fused-ring (bicyclic) bond motifs is 3. The first-order chi connectivity index (χ1) is 15.9. The highest BCUT2D eigenvalue weighted by atomic mass is 79.9. The predicted molar refractivity (Wildman–Crippen MR) is 132 cm³/mol. The predicted octanol–water partition coefficient (Wildman–Crippen LogP) is 5.45. The zero-order valence-electron chi connectivity index (χ0n) is 19.2. The van der Waals surface area contributed by atoms with E-state index in [0.717, 1.165) is 26.3 Å². The average molecular weight is 511 g/mol.